The van der Waals surface area contributed by atoms with Crippen LogP contribution in [0, 0.1) is 0 Å². The molecule has 0 fully saturated rings. The van der Waals surface area contributed by atoms with Gasteiger partial charge in [0.1, 0.15) is 0 Å². The molecule has 0 aliphatic rings. The molecule has 1 N–H and O–H groups in total. The predicted octanol–water partition coefficient (Wildman–Crippen LogP) is 0.786. The van der Waals surface area contributed by atoms with Crippen LogP contribution in [0.5, 0.6) is 0 Å². The Balaban J connectivity index is 3.05. The Kier molecular flexibility index (Phi) is 7.40. The fourth-order valence-electron chi connectivity index (χ4n) is 0.482. The van der Waals surface area contributed by atoms with Crippen LogP contribution in [0.15, 0.2) is 0 Å². The molecular weight excluding hydrogens is 166 g/mol. The van der Waals surface area contributed by atoms with Crippen LogP contribution >= 0.6 is 24.4 Å². The van der Waals surface area contributed by atoms with E-state index in [0.717, 1.165) is 12.3 Å². The van der Waals surface area contributed by atoms with Gasteiger partial charge < -0.3 is 5.32 Å². The van der Waals surface area contributed by atoms with E-state index in [4.69, 9.17) is 0 Å². The van der Waals surface area contributed by atoms with Gasteiger partial charge in [0.25, 0.3) is 0 Å². The number of nitrogens with one attached hydrogen (secondary N) is 1. The topological polar surface area (TPSA) is 29.1 Å². The average Bonchev–Trinajstić information content (AvgIpc) is 1.89. The number of carbonyl (C=O) groups excluding carboxylic acids is 1. The quantitative estimate of drug-likeness (QED) is 0.482. The van der Waals surface area contributed by atoms with Crippen LogP contribution in [0.2, 0.25) is 0 Å². The summed E-state index contributed by atoms with van der Waals surface area (Å²) in [7, 11) is 0. The molecule has 0 atom stereocenters. The summed E-state index contributed by atoms with van der Waals surface area (Å²) in [4.78, 5) is 10.7. The number of thioether (sulfide) groups is 1. The summed E-state index contributed by atoms with van der Waals surface area (Å²) in [6, 6.07) is 0. The molecule has 2 nitrogen and oxygen atoms in total. The van der Waals surface area contributed by atoms with E-state index in [9.17, 15) is 4.79 Å². The lowest BCUT2D eigenvalue weighted by atomic mass is 10.4. The van der Waals surface area contributed by atoms with Gasteiger partial charge in [-0.15, -0.1) is 0 Å². The average molecular weight is 179 g/mol. The Bertz CT molecular complexity index is 97.7. The van der Waals surface area contributed by atoms with E-state index < -0.39 is 0 Å². The number of rotatable bonds is 5. The molecule has 0 aromatic carbocycles. The Morgan fingerprint density at radius 3 is 2.90 bits per heavy atom. The molecule has 0 radical (unpaired) electrons. The SMILES string of the molecule is CSCCNC(=O)CCS. The van der Waals surface area contributed by atoms with Crippen molar-refractivity contribution in [3.63, 3.8) is 0 Å². The fraction of sp³-hybridized carbons (Fsp3) is 0.833. The first-order valence-corrected chi connectivity index (χ1v) is 5.20. The van der Waals surface area contributed by atoms with Crippen LogP contribution in [0.4, 0.5) is 0 Å². The molecule has 1 amide bonds. The van der Waals surface area contributed by atoms with E-state index in [1.165, 1.54) is 0 Å². The van der Waals surface area contributed by atoms with Crippen molar-refractivity contribution >= 4 is 30.3 Å². The van der Waals surface area contributed by atoms with E-state index in [1.807, 2.05) is 6.26 Å². The lowest BCUT2D eigenvalue weighted by Crippen LogP contribution is -2.25. The maximum Gasteiger partial charge on any atom is 0.220 e. The van der Waals surface area contributed by atoms with Crippen LogP contribution in [0.3, 0.4) is 0 Å². The molecule has 0 aromatic rings. The molecule has 0 heterocycles. The Hall–Kier alpha value is 0.170. The fourth-order valence-corrected chi connectivity index (χ4v) is 0.992. The molecule has 0 rings (SSSR count). The lowest BCUT2D eigenvalue weighted by molar-refractivity contribution is -0.120. The van der Waals surface area contributed by atoms with Crippen molar-refractivity contribution in [2.75, 3.05) is 24.3 Å². The van der Waals surface area contributed by atoms with Gasteiger partial charge in [-0.3, -0.25) is 4.79 Å². The van der Waals surface area contributed by atoms with Gasteiger partial charge in [-0.2, -0.15) is 24.4 Å². The first kappa shape index (κ1) is 10.2. The lowest BCUT2D eigenvalue weighted by Gasteiger charge is -2.00. The van der Waals surface area contributed by atoms with Gasteiger partial charge in [0.2, 0.25) is 5.91 Å². The van der Waals surface area contributed by atoms with Gasteiger partial charge in [0, 0.05) is 18.7 Å². The van der Waals surface area contributed by atoms with E-state index in [-0.39, 0.29) is 5.91 Å². The van der Waals surface area contributed by atoms with Crippen LogP contribution in [-0.2, 0) is 4.79 Å². The van der Waals surface area contributed by atoms with Crippen molar-refractivity contribution in [1.82, 2.24) is 5.32 Å². The highest BCUT2D eigenvalue weighted by Gasteiger charge is 1.95. The molecule has 0 aliphatic heterocycles. The van der Waals surface area contributed by atoms with Gasteiger partial charge >= 0.3 is 0 Å². The van der Waals surface area contributed by atoms with Crippen molar-refractivity contribution in [3.8, 4) is 0 Å². The number of hydrogen-bond donors (Lipinski definition) is 2. The summed E-state index contributed by atoms with van der Waals surface area (Å²) in [5.41, 5.74) is 0. The summed E-state index contributed by atoms with van der Waals surface area (Å²) >= 11 is 5.67. The largest absolute Gasteiger partial charge is 0.355 e. The maximum atomic E-state index is 10.7. The highest BCUT2D eigenvalue weighted by molar-refractivity contribution is 7.98. The molecule has 0 bridgehead atoms. The molecule has 10 heavy (non-hydrogen) atoms. The Labute approximate surface area is 71.6 Å². The van der Waals surface area contributed by atoms with E-state index in [1.54, 1.807) is 11.8 Å². The second-order valence-electron chi connectivity index (χ2n) is 1.82. The second kappa shape index (κ2) is 7.28. The number of thiol groups is 1. The third-order valence-electron chi connectivity index (χ3n) is 0.967. The van der Waals surface area contributed by atoms with Crippen molar-refractivity contribution in [2.45, 2.75) is 6.42 Å². The predicted molar refractivity (Wildman–Crippen MR) is 49.9 cm³/mol. The molecular formula is C6H13NOS2. The standard InChI is InChI=1S/C6H13NOS2/c1-10-5-3-7-6(8)2-4-9/h9H,2-5H2,1H3,(H,7,8). The normalized spacial score (nSPS) is 9.40. The van der Waals surface area contributed by atoms with E-state index in [0.29, 0.717) is 12.2 Å². The van der Waals surface area contributed by atoms with Crippen molar-refractivity contribution < 1.29 is 4.79 Å². The van der Waals surface area contributed by atoms with Crippen molar-refractivity contribution in [1.29, 1.82) is 0 Å². The smallest absolute Gasteiger partial charge is 0.220 e. The van der Waals surface area contributed by atoms with Gasteiger partial charge in [-0.1, -0.05) is 0 Å². The van der Waals surface area contributed by atoms with Gasteiger partial charge in [-0.05, 0) is 12.0 Å². The van der Waals surface area contributed by atoms with Gasteiger partial charge in [0.05, 0.1) is 0 Å². The number of hydrogen-bond acceptors (Lipinski definition) is 3. The Morgan fingerprint density at radius 1 is 1.70 bits per heavy atom. The highest BCUT2D eigenvalue weighted by atomic mass is 32.2. The zero-order valence-corrected chi connectivity index (χ0v) is 7.80. The summed E-state index contributed by atoms with van der Waals surface area (Å²) in [6.45, 7) is 0.772. The monoisotopic (exact) mass is 179 g/mol. The summed E-state index contributed by atoms with van der Waals surface area (Å²) in [6.07, 6.45) is 2.54. The molecule has 0 saturated carbocycles. The van der Waals surface area contributed by atoms with E-state index in [2.05, 4.69) is 17.9 Å². The van der Waals surface area contributed by atoms with Crippen molar-refractivity contribution in [3.05, 3.63) is 0 Å². The molecule has 0 aliphatic carbocycles. The number of amides is 1. The number of carbonyl (C=O) groups is 1. The van der Waals surface area contributed by atoms with Gasteiger partial charge in [-0.25, -0.2) is 0 Å². The second-order valence-corrected chi connectivity index (χ2v) is 3.25. The first-order valence-electron chi connectivity index (χ1n) is 3.17. The Morgan fingerprint density at radius 2 is 2.40 bits per heavy atom. The maximum absolute atomic E-state index is 10.7. The van der Waals surface area contributed by atoms with Crippen LogP contribution in [-0.4, -0.2) is 30.2 Å². The molecule has 0 spiro atoms. The summed E-state index contributed by atoms with van der Waals surface area (Å²) in [5.74, 6) is 1.72. The molecule has 0 unspecified atom stereocenters. The zero-order valence-electron chi connectivity index (χ0n) is 6.09. The zero-order chi connectivity index (χ0) is 7.82. The minimum Gasteiger partial charge on any atom is -0.355 e. The van der Waals surface area contributed by atoms with Gasteiger partial charge in [0.15, 0.2) is 0 Å². The molecule has 0 saturated heterocycles. The molecule has 0 aromatic heterocycles. The summed E-state index contributed by atoms with van der Waals surface area (Å²) < 4.78 is 0. The highest BCUT2D eigenvalue weighted by Crippen LogP contribution is 1.88. The minimum absolute atomic E-state index is 0.101. The van der Waals surface area contributed by atoms with E-state index >= 15 is 0 Å². The molecule has 60 valence electrons. The van der Waals surface area contributed by atoms with Crippen LogP contribution < -0.4 is 5.32 Å². The van der Waals surface area contributed by atoms with Crippen LogP contribution in [0.1, 0.15) is 6.42 Å². The summed E-state index contributed by atoms with van der Waals surface area (Å²) in [5, 5.41) is 2.78. The van der Waals surface area contributed by atoms with Crippen LogP contribution in [0.25, 0.3) is 0 Å². The third kappa shape index (κ3) is 6.29. The first-order chi connectivity index (χ1) is 4.81. The van der Waals surface area contributed by atoms with Crippen molar-refractivity contribution in [2.24, 2.45) is 0 Å². The third-order valence-corrected chi connectivity index (χ3v) is 1.80. The molecule has 4 heteroatoms. The minimum atomic E-state index is 0.101.